The van der Waals surface area contributed by atoms with Gasteiger partial charge in [0.05, 0.1) is 19.3 Å². The fourth-order valence-electron chi connectivity index (χ4n) is 3.89. The monoisotopic (exact) mass is 464 g/mol. The Kier molecular flexibility index (Phi) is 15.8. The summed E-state index contributed by atoms with van der Waals surface area (Å²) < 4.78 is 18.1. The summed E-state index contributed by atoms with van der Waals surface area (Å²) in [5.74, 6) is 1.03. The SMILES string of the molecule is CCOCC1(COCC)CCC(Oc2ccccc2CN(C)CCNC)CC1.Cl.Cl. The second kappa shape index (κ2) is 16.1. The Morgan fingerprint density at radius 1 is 1.03 bits per heavy atom. The first-order valence-electron chi connectivity index (χ1n) is 10.9. The molecule has 0 aromatic heterocycles. The van der Waals surface area contributed by atoms with Crippen molar-refractivity contribution in [3.63, 3.8) is 0 Å². The maximum atomic E-state index is 6.47. The molecule has 0 atom stereocenters. The summed E-state index contributed by atoms with van der Waals surface area (Å²) in [6, 6.07) is 8.47. The zero-order valence-electron chi connectivity index (χ0n) is 19.2. The lowest BCUT2D eigenvalue weighted by molar-refractivity contribution is -0.0527. The Bertz CT molecular complexity index is 545. The van der Waals surface area contributed by atoms with Crippen molar-refractivity contribution in [1.29, 1.82) is 0 Å². The van der Waals surface area contributed by atoms with E-state index in [0.29, 0.717) is 0 Å². The third-order valence-electron chi connectivity index (χ3n) is 5.67. The largest absolute Gasteiger partial charge is 0.490 e. The van der Waals surface area contributed by atoms with Crippen molar-refractivity contribution in [1.82, 2.24) is 10.2 Å². The second-order valence-electron chi connectivity index (χ2n) is 8.04. The summed E-state index contributed by atoms with van der Waals surface area (Å²) in [7, 11) is 4.15. The van der Waals surface area contributed by atoms with Crippen LogP contribution >= 0.6 is 24.8 Å². The average molecular weight is 466 g/mol. The molecule has 0 aliphatic heterocycles. The molecular weight excluding hydrogens is 423 g/mol. The van der Waals surface area contributed by atoms with E-state index in [2.05, 4.69) is 55.4 Å². The first-order valence-corrected chi connectivity index (χ1v) is 10.9. The maximum absolute atomic E-state index is 6.47. The molecule has 176 valence electrons. The molecule has 2 rings (SSSR count). The summed E-state index contributed by atoms with van der Waals surface area (Å²) in [4.78, 5) is 2.33. The van der Waals surface area contributed by atoms with Gasteiger partial charge < -0.3 is 24.4 Å². The van der Waals surface area contributed by atoms with Gasteiger partial charge in [0, 0.05) is 43.8 Å². The van der Waals surface area contributed by atoms with E-state index in [4.69, 9.17) is 14.2 Å². The van der Waals surface area contributed by atoms with Gasteiger partial charge >= 0.3 is 0 Å². The minimum absolute atomic E-state index is 0. The van der Waals surface area contributed by atoms with Gasteiger partial charge in [-0.25, -0.2) is 0 Å². The van der Waals surface area contributed by atoms with Gasteiger partial charge in [-0.15, -0.1) is 24.8 Å². The maximum Gasteiger partial charge on any atom is 0.124 e. The molecule has 1 aliphatic carbocycles. The highest BCUT2D eigenvalue weighted by atomic mass is 35.5. The molecule has 0 bridgehead atoms. The Labute approximate surface area is 196 Å². The zero-order valence-corrected chi connectivity index (χ0v) is 20.8. The molecule has 30 heavy (non-hydrogen) atoms. The van der Waals surface area contributed by atoms with Crippen LogP contribution in [-0.2, 0) is 16.0 Å². The molecule has 0 radical (unpaired) electrons. The molecule has 0 amide bonds. The molecule has 1 N–H and O–H groups in total. The van der Waals surface area contributed by atoms with Crippen molar-refractivity contribution < 1.29 is 14.2 Å². The third kappa shape index (κ3) is 9.71. The Hall–Kier alpha value is -0.560. The Balaban J connectivity index is 0.00000420. The van der Waals surface area contributed by atoms with Gasteiger partial charge in [-0.3, -0.25) is 0 Å². The van der Waals surface area contributed by atoms with Crippen LogP contribution in [0.25, 0.3) is 0 Å². The molecule has 7 heteroatoms. The van der Waals surface area contributed by atoms with Crippen LogP contribution in [0, 0.1) is 5.41 Å². The highest BCUT2D eigenvalue weighted by Crippen LogP contribution is 2.39. The van der Waals surface area contributed by atoms with E-state index < -0.39 is 0 Å². The number of nitrogens with zero attached hydrogens (tertiary/aromatic N) is 1. The lowest BCUT2D eigenvalue weighted by Gasteiger charge is -2.39. The minimum atomic E-state index is 0. The van der Waals surface area contributed by atoms with E-state index in [1.54, 1.807) is 0 Å². The van der Waals surface area contributed by atoms with Gasteiger partial charge in [0.25, 0.3) is 0 Å². The van der Waals surface area contributed by atoms with Gasteiger partial charge in [-0.05, 0) is 59.7 Å². The Morgan fingerprint density at radius 2 is 1.63 bits per heavy atom. The van der Waals surface area contributed by atoms with Crippen LogP contribution in [-0.4, -0.2) is 64.6 Å². The molecule has 0 saturated heterocycles. The lowest BCUT2D eigenvalue weighted by atomic mass is 9.74. The Morgan fingerprint density at radius 3 is 2.20 bits per heavy atom. The number of nitrogens with one attached hydrogen (secondary N) is 1. The topological polar surface area (TPSA) is 43.0 Å². The number of para-hydroxylation sites is 1. The van der Waals surface area contributed by atoms with Crippen molar-refractivity contribution in [2.45, 2.75) is 52.2 Å². The van der Waals surface area contributed by atoms with Crippen LogP contribution in [0.3, 0.4) is 0 Å². The number of rotatable bonds is 13. The van der Waals surface area contributed by atoms with E-state index in [0.717, 1.165) is 77.5 Å². The molecule has 1 saturated carbocycles. The van der Waals surface area contributed by atoms with Gasteiger partial charge in [0.1, 0.15) is 5.75 Å². The lowest BCUT2D eigenvalue weighted by Crippen LogP contribution is -2.39. The van der Waals surface area contributed by atoms with Crippen LogP contribution in [0.1, 0.15) is 45.1 Å². The van der Waals surface area contributed by atoms with Gasteiger partial charge in [0.15, 0.2) is 0 Å². The standard InChI is InChI=1S/C23H40N2O3.2ClH/c1-5-26-18-23(19-27-6-2)13-11-21(12-14-23)28-22-10-8-7-9-20(22)17-25(4)16-15-24-3;;/h7-10,21,24H,5-6,11-19H2,1-4H3;2*1H. The number of likely N-dealkylation sites (N-methyl/N-ethyl adjacent to an activating group) is 2. The van der Waals surface area contributed by atoms with Crippen LogP contribution in [0.4, 0.5) is 0 Å². The first kappa shape index (κ1) is 29.4. The molecule has 0 unspecified atom stereocenters. The fraction of sp³-hybridized carbons (Fsp3) is 0.739. The van der Waals surface area contributed by atoms with E-state index >= 15 is 0 Å². The van der Waals surface area contributed by atoms with Gasteiger partial charge in [-0.1, -0.05) is 18.2 Å². The molecule has 1 aliphatic rings. The highest BCUT2D eigenvalue weighted by molar-refractivity contribution is 5.85. The van der Waals surface area contributed by atoms with E-state index in [9.17, 15) is 0 Å². The van der Waals surface area contributed by atoms with E-state index in [1.807, 2.05) is 7.05 Å². The van der Waals surface area contributed by atoms with Crippen LogP contribution in [0.2, 0.25) is 0 Å². The quantitative estimate of drug-likeness (QED) is 0.463. The van der Waals surface area contributed by atoms with Crippen molar-refractivity contribution in [2.24, 2.45) is 5.41 Å². The van der Waals surface area contributed by atoms with Crippen molar-refractivity contribution in [3.05, 3.63) is 29.8 Å². The summed E-state index contributed by atoms with van der Waals surface area (Å²) >= 11 is 0. The number of benzene rings is 1. The number of ether oxygens (including phenoxy) is 3. The molecule has 0 heterocycles. The predicted octanol–water partition coefficient (Wildman–Crippen LogP) is 4.56. The molecule has 1 aromatic carbocycles. The zero-order chi connectivity index (χ0) is 20.2. The van der Waals surface area contributed by atoms with Crippen molar-refractivity contribution >= 4 is 24.8 Å². The number of halogens is 2. The summed E-state index contributed by atoms with van der Waals surface area (Å²) in [5, 5.41) is 3.21. The van der Waals surface area contributed by atoms with Crippen LogP contribution < -0.4 is 10.1 Å². The molecule has 1 fully saturated rings. The molecular formula is C23H42Cl2N2O3. The molecule has 1 aromatic rings. The molecule has 5 nitrogen and oxygen atoms in total. The fourth-order valence-corrected chi connectivity index (χ4v) is 3.89. The molecule has 0 spiro atoms. The van der Waals surface area contributed by atoms with Crippen molar-refractivity contribution in [2.75, 3.05) is 53.6 Å². The number of hydrogen-bond donors (Lipinski definition) is 1. The van der Waals surface area contributed by atoms with Gasteiger partial charge in [0.2, 0.25) is 0 Å². The van der Waals surface area contributed by atoms with E-state index in [1.165, 1.54) is 5.56 Å². The third-order valence-corrected chi connectivity index (χ3v) is 5.67. The normalized spacial score (nSPS) is 16.0. The average Bonchev–Trinajstić information content (AvgIpc) is 2.72. The first-order chi connectivity index (χ1) is 13.6. The summed E-state index contributed by atoms with van der Waals surface area (Å²) in [5.41, 5.74) is 1.42. The number of hydrogen-bond acceptors (Lipinski definition) is 5. The van der Waals surface area contributed by atoms with E-state index in [-0.39, 0.29) is 36.3 Å². The summed E-state index contributed by atoms with van der Waals surface area (Å²) in [6.45, 7) is 10.2. The van der Waals surface area contributed by atoms with Crippen molar-refractivity contribution in [3.8, 4) is 5.75 Å². The summed E-state index contributed by atoms with van der Waals surface area (Å²) in [6.07, 6.45) is 4.60. The minimum Gasteiger partial charge on any atom is -0.490 e. The highest BCUT2D eigenvalue weighted by Gasteiger charge is 2.36. The predicted molar refractivity (Wildman–Crippen MR) is 130 cm³/mol. The van der Waals surface area contributed by atoms with Crippen LogP contribution in [0.5, 0.6) is 5.75 Å². The van der Waals surface area contributed by atoms with Crippen LogP contribution in [0.15, 0.2) is 24.3 Å². The smallest absolute Gasteiger partial charge is 0.124 e. The second-order valence-corrected chi connectivity index (χ2v) is 8.04. The van der Waals surface area contributed by atoms with Gasteiger partial charge in [-0.2, -0.15) is 0 Å².